The van der Waals surface area contributed by atoms with Gasteiger partial charge >= 0.3 is 0 Å². The summed E-state index contributed by atoms with van der Waals surface area (Å²) in [7, 11) is 0. The van der Waals surface area contributed by atoms with Crippen molar-refractivity contribution in [3.63, 3.8) is 0 Å². The third-order valence-corrected chi connectivity index (χ3v) is 3.26. The van der Waals surface area contributed by atoms with E-state index in [0.717, 1.165) is 18.7 Å². The molecule has 0 spiro atoms. The standard InChI is InChI=1S/C12H16N4O2/c13-10-2-1-8(5-9(10)12(15)18)16-4-3-7(6-16)11(14)17/h1-2,5,7H,3-4,6,13H2,(H2,14,17)(H2,15,18). The predicted molar refractivity (Wildman–Crippen MR) is 68.9 cm³/mol. The number of primary amides is 2. The highest BCUT2D eigenvalue weighted by Crippen LogP contribution is 2.26. The van der Waals surface area contributed by atoms with Crippen LogP contribution in [0.15, 0.2) is 18.2 Å². The van der Waals surface area contributed by atoms with E-state index < -0.39 is 5.91 Å². The highest BCUT2D eigenvalue weighted by molar-refractivity contribution is 5.99. The van der Waals surface area contributed by atoms with Gasteiger partial charge in [-0.2, -0.15) is 0 Å². The van der Waals surface area contributed by atoms with E-state index in [1.807, 2.05) is 11.0 Å². The van der Waals surface area contributed by atoms with Crippen molar-refractivity contribution in [3.05, 3.63) is 23.8 Å². The summed E-state index contributed by atoms with van der Waals surface area (Å²) in [4.78, 5) is 24.3. The van der Waals surface area contributed by atoms with Crippen LogP contribution in [0, 0.1) is 5.92 Å². The Balaban J connectivity index is 2.22. The van der Waals surface area contributed by atoms with Crippen molar-refractivity contribution in [2.24, 2.45) is 17.4 Å². The van der Waals surface area contributed by atoms with Crippen LogP contribution >= 0.6 is 0 Å². The monoisotopic (exact) mass is 248 g/mol. The van der Waals surface area contributed by atoms with Crippen LogP contribution < -0.4 is 22.1 Å². The molecule has 1 fully saturated rings. The van der Waals surface area contributed by atoms with E-state index >= 15 is 0 Å². The molecule has 2 amide bonds. The molecular formula is C12H16N4O2. The second-order valence-corrected chi connectivity index (χ2v) is 4.47. The van der Waals surface area contributed by atoms with Crippen molar-refractivity contribution in [2.75, 3.05) is 23.7 Å². The third-order valence-electron chi connectivity index (χ3n) is 3.26. The molecule has 1 aliphatic heterocycles. The lowest BCUT2D eigenvalue weighted by molar-refractivity contribution is -0.121. The number of carbonyl (C=O) groups is 2. The summed E-state index contributed by atoms with van der Waals surface area (Å²) < 4.78 is 0. The van der Waals surface area contributed by atoms with Gasteiger partial charge in [-0.15, -0.1) is 0 Å². The molecule has 0 aliphatic carbocycles. The lowest BCUT2D eigenvalue weighted by Crippen LogP contribution is -2.27. The lowest BCUT2D eigenvalue weighted by Gasteiger charge is -2.19. The first-order valence-corrected chi connectivity index (χ1v) is 5.72. The number of anilines is 2. The summed E-state index contributed by atoms with van der Waals surface area (Å²) in [6.45, 7) is 1.30. The summed E-state index contributed by atoms with van der Waals surface area (Å²) >= 11 is 0. The maximum atomic E-state index is 11.2. The molecule has 1 aliphatic rings. The summed E-state index contributed by atoms with van der Waals surface area (Å²) in [6.07, 6.45) is 0.728. The van der Waals surface area contributed by atoms with E-state index in [4.69, 9.17) is 17.2 Å². The summed E-state index contributed by atoms with van der Waals surface area (Å²) in [5.41, 5.74) is 17.7. The zero-order valence-corrected chi connectivity index (χ0v) is 9.93. The van der Waals surface area contributed by atoms with E-state index in [1.54, 1.807) is 12.1 Å². The van der Waals surface area contributed by atoms with Gasteiger partial charge < -0.3 is 22.1 Å². The van der Waals surface area contributed by atoms with Gasteiger partial charge in [-0.3, -0.25) is 9.59 Å². The van der Waals surface area contributed by atoms with Crippen LogP contribution in [0.3, 0.4) is 0 Å². The van der Waals surface area contributed by atoms with Gasteiger partial charge in [-0.25, -0.2) is 0 Å². The van der Waals surface area contributed by atoms with Crippen molar-refractivity contribution in [3.8, 4) is 0 Å². The highest BCUT2D eigenvalue weighted by atomic mass is 16.1. The van der Waals surface area contributed by atoms with Crippen molar-refractivity contribution in [1.82, 2.24) is 0 Å². The Bertz CT molecular complexity index is 501. The first-order valence-electron chi connectivity index (χ1n) is 5.72. The van der Waals surface area contributed by atoms with Gasteiger partial charge in [0.05, 0.1) is 11.5 Å². The molecule has 6 N–H and O–H groups in total. The quantitative estimate of drug-likeness (QED) is 0.635. The van der Waals surface area contributed by atoms with Gasteiger partial charge in [0.15, 0.2) is 0 Å². The number of hydrogen-bond donors (Lipinski definition) is 3. The molecule has 18 heavy (non-hydrogen) atoms. The fourth-order valence-electron chi connectivity index (χ4n) is 2.18. The van der Waals surface area contributed by atoms with Crippen LogP contribution in [0.5, 0.6) is 0 Å². The van der Waals surface area contributed by atoms with Gasteiger partial charge in [0.2, 0.25) is 5.91 Å². The number of nitrogen functional groups attached to an aromatic ring is 1. The van der Waals surface area contributed by atoms with Crippen LogP contribution in [-0.2, 0) is 4.79 Å². The van der Waals surface area contributed by atoms with Crippen LogP contribution in [0.25, 0.3) is 0 Å². The van der Waals surface area contributed by atoms with Crippen molar-refractivity contribution >= 4 is 23.2 Å². The van der Waals surface area contributed by atoms with E-state index in [9.17, 15) is 9.59 Å². The molecule has 1 atom stereocenters. The average molecular weight is 248 g/mol. The number of carbonyl (C=O) groups excluding carboxylic acids is 2. The number of hydrogen-bond acceptors (Lipinski definition) is 4. The second-order valence-electron chi connectivity index (χ2n) is 4.47. The van der Waals surface area contributed by atoms with Gasteiger partial charge in [-0.05, 0) is 24.6 Å². The number of rotatable bonds is 3. The van der Waals surface area contributed by atoms with Crippen LogP contribution in [-0.4, -0.2) is 24.9 Å². The smallest absolute Gasteiger partial charge is 0.250 e. The lowest BCUT2D eigenvalue weighted by atomic mass is 10.1. The molecule has 1 unspecified atom stereocenters. The second kappa shape index (κ2) is 4.56. The van der Waals surface area contributed by atoms with Gasteiger partial charge in [-0.1, -0.05) is 0 Å². The topological polar surface area (TPSA) is 115 Å². The molecule has 1 aromatic carbocycles. The Hall–Kier alpha value is -2.24. The molecule has 0 bridgehead atoms. The highest BCUT2D eigenvalue weighted by Gasteiger charge is 2.27. The summed E-state index contributed by atoms with van der Waals surface area (Å²) in [5, 5.41) is 0. The van der Waals surface area contributed by atoms with Crippen LogP contribution in [0.1, 0.15) is 16.8 Å². The first-order chi connectivity index (χ1) is 8.49. The van der Waals surface area contributed by atoms with Crippen LogP contribution in [0.4, 0.5) is 11.4 Å². The average Bonchev–Trinajstić information content (AvgIpc) is 2.78. The minimum atomic E-state index is -0.556. The van der Waals surface area contributed by atoms with Crippen molar-refractivity contribution in [1.29, 1.82) is 0 Å². The Labute approximate surface area is 105 Å². The zero-order valence-electron chi connectivity index (χ0n) is 9.93. The Morgan fingerprint density at radius 3 is 2.56 bits per heavy atom. The minimum absolute atomic E-state index is 0.139. The summed E-state index contributed by atoms with van der Waals surface area (Å²) in [5.74, 6) is -0.984. The Morgan fingerprint density at radius 2 is 2.00 bits per heavy atom. The normalized spacial score (nSPS) is 18.9. The maximum Gasteiger partial charge on any atom is 0.250 e. The molecule has 2 rings (SSSR count). The van der Waals surface area contributed by atoms with Gasteiger partial charge in [0.25, 0.3) is 5.91 Å². The molecule has 96 valence electrons. The number of nitrogens with zero attached hydrogens (tertiary/aromatic N) is 1. The molecule has 6 heteroatoms. The number of amides is 2. The van der Waals surface area contributed by atoms with Crippen LogP contribution in [0.2, 0.25) is 0 Å². The predicted octanol–water partition coefficient (Wildman–Crippen LogP) is -0.321. The minimum Gasteiger partial charge on any atom is -0.398 e. The molecule has 0 radical (unpaired) electrons. The largest absolute Gasteiger partial charge is 0.398 e. The van der Waals surface area contributed by atoms with E-state index in [0.29, 0.717) is 17.8 Å². The number of nitrogens with two attached hydrogens (primary N) is 3. The first kappa shape index (κ1) is 12.2. The van der Waals surface area contributed by atoms with E-state index in [1.165, 1.54) is 0 Å². The molecule has 1 saturated heterocycles. The van der Waals surface area contributed by atoms with E-state index in [-0.39, 0.29) is 11.8 Å². The Kier molecular flexibility index (Phi) is 3.10. The fourth-order valence-corrected chi connectivity index (χ4v) is 2.18. The number of benzene rings is 1. The molecule has 0 saturated carbocycles. The van der Waals surface area contributed by atoms with Crippen molar-refractivity contribution < 1.29 is 9.59 Å². The fraction of sp³-hybridized carbons (Fsp3) is 0.333. The SMILES string of the molecule is NC(=O)c1cc(N2CCC(C(N)=O)C2)ccc1N. The van der Waals surface area contributed by atoms with Gasteiger partial charge in [0, 0.05) is 24.5 Å². The molecular weight excluding hydrogens is 232 g/mol. The third kappa shape index (κ3) is 2.22. The van der Waals surface area contributed by atoms with Gasteiger partial charge in [0.1, 0.15) is 0 Å². The molecule has 1 heterocycles. The molecule has 1 aromatic rings. The van der Waals surface area contributed by atoms with Crippen molar-refractivity contribution in [2.45, 2.75) is 6.42 Å². The maximum absolute atomic E-state index is 11.2. The Morgan fingerprint density at radius 1 is 1.28 bits per heavy atom. The molecule has 6 nitrogen and oxygen atoms in total. The summed E-state index contributed by atoms with van der Waals surface area (Å²) in [6, 6.07) is 5.11. The molecule has 0 aromatic heterocycles. The van der Waals surface area contributed by atoms with E-state index in [2.05, 4.69) is 0 Å². The zero-order chi connectivity index (χ0) is 13.3.